The van der Waals surface area contributed by atoms with Crippen molar-refractivity contribution in [3.63, 3.8) is 0 Å². The van der Waals surface area contributed by atoms with Crippen LogP contribution in [0.1, 0.15) is 39.0 Å². The van der Waals surface area contributed by atoms with Gasteiger partial charge in [-0.3, -0.25) is 4.79 Å². The van der Waals surface area contributed by atoms with Crippen molar-refractivity contribution in [2.24, 2.45) is 11.1 Å². The van der Waals surface area contributed by atoms with Crippen molar-refractivity contribution in [3.8, 4) is 10.7 Å². The van der Waals surface area contributed by atoms with E-state index in [9.17, 15) is 4.79 Å². The van der Waals surface area contributed by atoms with Gasteiger partial charge in [0.25, 0.3) is 0 Å². The van der Waals surface area contributed by atoms with Gasteiger partial charge in [0, 0.05) is 32.0 Å². The maximum absolute atomic E-state index is 12.4. The van der Waals surface area contributed by atoms with Crippen LogP contribution in [0.25, 0.3) is 10.7 Å². The summed E-state index contributed by atoms with van der Waals surface area (Å²) >= 11 is 1.58. The van der Waals surface area contributed by atoms with Crippen LogP contribution in [-0.4, -0.2) is 40.1 Å². The van der Waals surface area contributed by atoms with E-state index in [0.29, 0.717) is 31.0 Å². The summed E-state index contributed by atoms with van der Waals surface area (Å²) in [6.45, 7) is 5.74. The average molecular weight is 348 g/mol. The van der Waals surface area contributed by atoms with E-state index in [1.54, 1.807) is 11.3 Å². The molecule has 1 unspecified atom stereocenters. The van der Waals surface area contributed by atoms with Gasteiger partial charge in [-0.15, -0.1) is 11.3 Å². The minimum absolute atomic E-state index is 0.0179. The molecule has 0 saturated carbocycles. The standard InChI is InChI=1S/C17H24N4O2S/c1-17(2)11-21(9-8-13(17)18)15(22)7-3-6-14-19-16(20-23-14)12-5-4-10-24-12/h4-5,10,13H,3,6-9,11,18H2,1-2H3. The van der Waals surface area contributed by atoms with E-state index < -0.39 is 0 Å². The lowest BCUT2D eigenvalue weighted by molar-refractivity contribution is -0.134. The smallest absolute Gasteiger partial charge is 0.226 e. The number of hydrogen-bond donors (Lipinski definition) is 1. The number of hydrogen-bond acceptors (Lipinski definition) is 6. The zero-order valence-electron chi connectivity index (χ0n) is 14.2. The van der Waals surface area contributed by atoms with Gasteiger partial charge >= 0.3 is 0 Å². The average Bonchev–Trinajstić information content (AvgIpc) is 3.20. The molecule has 0 aromatic carbocycles. The van der Waals surface area contributed by atoms with Crippen molar-refractivity contribution in [1.82, 2.24) is 15.0 Å². The van der Waals surface area contributed by atoms with E-state index in [0.717, 1.165) is 24.4 Å². The summed E-state index contributed by atoms with van der Waals surface area (Å²) in [4.78, 5) is 19.7. The molecule has 0 radical (unpaired) electrons. The molecule has 6 nitrogen and oxygen atoms in total. The zero-order valence-corrected chi connectivity index (χ0v) is 15.0. The Morgan fingerprint density at radius 1 is 1.54 bits per heavy atom. The summed E-state index contributed by atoms with van der Waals surface area (Å²) in [6, 6.07) is 4.09. The lowest BCUT2D eigenvalue weighted by atomic mass is 9.79. The van der Waals surface area contributed by atoms with Crippen LogP contribution in [-0.2, 0) is 11.2 Å². The number of rotatable bonds is 5. The van der Waals surface area contributed by atoms with E-state index in [1.165, 1.54) is 0 Å². The van der Waals surface area contributed by atoms with Gasteiger partial charge in [0.05, 0.1) is 4.88 Å². The first-order valence-corrected chi connectivity index (χ1v) is 9.23. The SMILES string of the molecule is CC1(C)CN(C(=O)CCCc2nc(-c3cccs3)no2)CCC1N. The van der Waals surface area contributed by atoms with Crippen LogP contribution in [0.2, 0.25) is 0 Å². The minimum atomic E-state index is -0.0179. The summed E-state index contributed by atoms with van der Waals surface area (Å²) in [6.07, 6.45) is 2.71. The van der Waals surface area contributed by atoms with Crippen LogP contribution < -0.4 is 5.73 Å². The van der Waals surface area contributed by atoms with Gasteiger partial charge in [-0.05, 0) is 29.7 Å². The Kier molecular flexibility index (Phi) is 5.01. The van der Waals surface area contributed by atoms with Crippen molar-refractivity contribution in [2.75, 3.05) is 13.1 Å². The van der Waals surface area contributed by atoms with E-state index in [1.807, 2.05) is 22.4 Å². The predicted molar refractivity (Wildman–Crippen MR) is 93.5 cm³/mol. The number of aromatic nitrogens is 2. The third-order valence-electron chi connectivity index (χ3n) is 4.66. The summed E-state index contributed by atoms with van der Waals surface area (Å²) in [5, 5.41) is 5.97. The summed E-state index contributed by atoms with van der Waals surface area (Å²) in [5.74, 6) is 1.40. The first-order chi connectivity index (χ1) is 11.5. The second-order valence-corrected chi connectivity index (χ2v) is 7.99. The van der Waals surface area contributed by atoms with Gasteiger partial charge in [0.2, 0.25) is 17.6 Å². The highest BCUT2D eigenvalue weighted by Gasteiger charge is 2.35. The Morgan fingerprint density at radius 2 is 2.38 bits per heavy atom. The molecule has 3 rings (SSSR count). The van der Waals surface area contributed by atoms with Gasteiger partial charge in [-0.25, -0.2) is 0 Å². The Morgan fingerprint density at radius 3 is 3.08 bits per heavy atom. The van der Waals surface area contributed by atoms with Crippen LogP contribution in [0.15, 0.2) is 22.0 Å². The molecule has 0 bridgehead atoms. The van der Waals surface area contributed by atoms with Crippen LogP contribution in [0.4, 0.5) is 0 Å². The number of piperidine rings is 1. The molecule has 0 spiro atoms. The number of aryl methyl sites for hydroxylation is 1. The van der Waals surface area contributed by atoms with E-state index in [2.05, 4.69) is 24.0 Å². The Labute approximate surface area is 146 Å². The van der Waals surface area contributed by atoms with Crippen molar-refractivity contribution < 1.29 is 9.32 Å². The van der Waals surface area contributed by atoms with Crippen LogP contribution in [0.5, 0.6) is 0 Å². The number of carbonyl (C=O) groups is 1. The van der Waals surface area contributed by atoms with Crippen molar-refractivity contribution in [1.29, 1.82) is 0 Å². The lowest BCUT2D eigenvalue weighted by Crippen LogP contribution is -2.53. The summed E-state index contributed by atoms with van der Waals surface area (Å²) in [7, 11) is 0. The van der Waals surface area contributed by atoms with Crippen molar-refractivity contribution >= 4 is 17.2 Å². The Bertz CT molecular complexity index is 681. The number of nitrogens with zero attached hydrogens (tertiary/aromatic N) is 3. The fraction of sp³-hybridized carbons (Fsp3) is 0.588. The second-order valence-electron chi connectivity index (χ2n) is 7.04. The molecule has 7 heteroatoms. The van der Waals surface area contributed by atoms with Crippen LogP contribution in [0, 0.1) is 5.41 Å². The Balaban J connectivity index is 1.47. The Hall–Kier alpha value is -1.73. The van der Waals surface area contributed by atoms with E-state index >= 15 is 0 Å². The molecule has 1 aliphatic rings. The van der Waals surface area contributed by atoms with Gasteiger partial charge < -0.3 is 15.2 Å². The fourth-order valence-corrected chi connectivity index (χ4v) is 3.65. The van der Waals surface area contributed by atoms with Crippen LogP contribution in [0.3, 0.4) is 0 Å². The third kappa shape index (κ3) is 3.84. The molecular formula is C17H24N4O2S. The molecule has 3 heterocycles. The van der Waals surface area contributed by atoms with Gasteiger partial charge in [0.1, 0.15) is 0 Å². The molecule has 2 N–H and O–H groups in total. The number of carbonyl (C=O) groups excluding carboxylic acids is 1. The van der Waals surface area contributed by atoms with E-state index in [4.69, 9.17) is 10.3 Å². The van der Waals surface area contributed by atoms with Crippen LogP contribution >= 0.6 is 11.3 Å². The third-order valence-corrected chi connectivity index (χ3v) is 5.52. The quantitative estimate of drug-likeness (QED) is 0.898. The van der Waals surface area contributed by atoms with Gasteiger partial charge in [0.15, 0.2) is 0 Å². The molecule has 1 atom stereocenters. The fourth-order valence-electron chi connectivity index (χ4n) is 3.00. The predicted octanol–water partition coefficient (Wildman–Crippen LogP) is 2.71. The highest BCUT2D eigenvalue weighted by atomic mass is 32.1. The molecule has 1 amide bonds. The monoisotopic (exact) mass is 348 g/mol. The minimum Gasteiger partial charge on any atom is -0.342 e. The molecule has 2 aromatic rings. The normalized spacial score (nSPS) is 20.3. The number of nitrogens with two attached hydrogens (primary N) is 1. The van der Waals surface area contributed by atoms with Gasteiger partial charge in [-0.1, -0.05) is 25.1 Å². The molecule has 130 valence electrons. The largest absolute Gasteiger partial charge is 0.342 e. The lowest BCUT2D eigenvalue weighted by Gasteiger charge is -2.42. The van der Waals surface area contributed by atoms with Crippen molar-refractivity contribution in [2.45, 2.75) is 45.6 Å². The summed E-state index contributed by atoms with van der Waals surface area (Å²) in [5.41, 5.74) is 6.11. The highest BCUT2D eigenvalue weighted by Crippen LogP contribution is 2.28. The first-order valence-electron chi connectivity index (χ1n) is 8.35. The first kappa shape index (κ1) is 17.1. The number of thiophene rings is 1. The molecule has 1 aliphatic heterocycles. The molecule has 2 aromatic heterocycles. The molecule has 24 heavy (non-hydrogen) atoms. The second kappa shape index (κ2) is 7.03. The topological polar surface area (TPSA) is 85.2 Å². The molecule has 0 aliphatic carbocycles. The maximum Gasteiger partial charge on any atom is 0.226 e. The van der Waals surface area contributed by atoms with Gasteiger partial charge in [-0.2, -0.15) is 4.98 Å². The zero-order chi connectivity index (χ0) is 17.2. The summed E-state index contributed by atoms with van der Waals surface area (Å²) < 4.78 is 5.27. The molecule has 1 fully saturated rings. The molecular weight excluding hydrogens is 324 g/mol. The van der Waals surface area contributed by atoms with Crippen molar-refractivity contribution in [3.05, 3.63) is 23.4 Å². The highest BCUT2D eigenvalue weighted by molar-refractivity contribution is 7.13. The molecule has 1 saturated heterocycles. The van der Waals surface area contributed by atoms with E-state index in [-0.39, 0.29) is 17.4 Å². The number of likely N-dealkylation sites (tertiary alicyclic amines) is 1. The maximum atomic E-state index is 12.4. The number of amides is 1.